The quantitative estimate of drug-likeness (QED) is 0.684. The monoisotopic (exact) mass is 297 g/mol. The summed E-state index contributed by atoms with van der Waals surface area (Å²) in [5.74, 6) is 0.564. The molecule has 1 aliphatic carbocycles. The van der Waals surface area contributed by atoms with Gasteiger partial charge in [0.2, 0.25) is 0 Å². The van der Waals surface area contributed by atoms with E-state index in [4.69, 9.17) is 10.5 Å². The number of nitrogens with two attached hydrogens (primary N) is 1. The molecular formula is C15H23NO3S. The fraction of sp³-hybridized carbons (Fsp3) is 0.600. The number of anilines is 1. The summed E-state index contributed by atoms with van der Waals surface area (Å²) in [5.41, 5.74) is 6.20. The first kappa shape index (κ1) is 15.2. The molecule has 2 N–H and O–H groups in total. The first-order valence-electron chi connectivity index (χ1n) is 7.32. The number of hydrogen-bond donors (Lipinski definition) is 1. The van der Waals surface area contributed by atoms with Crippen LogP contribution >= 0.6 is 0 Å². The van der Waals surface area contributed by atoms with Crippen LogP contribution in [0.2, 0.25) is 0 Å². The number of sulfone groups is 1. The van der Waals surface area contributed by atoms with Crippen molar-refractivity contribution in [2.75, 3.05) is 12.3 Å². The van der Waals surface area contributed by atoms with Crippen LogP contribution in [0.15, 0.2) is 23.1 Å². The van der Waals surface area contributed by atoms with Gasteiger partial charge in [0.15, 0.2) is 9.84 Å². The van der Waals surface area contributed by atoms with Crippen molar-refractivity contribution in [3.05, 3.63) is 18.2 Å². The van der Waals surface area contributed by atoms with Crippen molar-refractivity contribution < 1.29 is 13.2 Å². The first-order valence-corrected chi connectivity index (χ1v) is 8.86. The van der Waals surface area contributed by atoms with Gasteiger partial charge in [0.25, 0.3) is 0 Å². The maximum Gasteiger partial charge on any atom is 0.183 e. The fourth-order valence-corrected chi connectivity index (χ4v) is 4.74. The third-order valence-corrected chi connectivity index (χ3v) is 6.16. The van der Waals surface area contributed by atoms with Crippen LogP contribution in [0.3, 0.4) is 0 Å². The lowest BCUT2D eigenvalue weighted by atomic mass is 10.2. The molecule has 1 saturated carbocycles. The summed E-state index contributed by atoms with van der Waals surface area (Å²) in [5, 5.41) is -0.302. The van der Waals surface area contributed by atoms with Crippen LogP contribution in [-0.2, 0) is 9.84 Å². The highest BCUT2D eigenvalue weighted by molar-refractivity contribution is 7.92. The average Bonchev–Trinajstić information content (AvgIpc) is 2.70. The molecule has 1 aromatic carbocycles. The van der Waals surface area contributed by atoms with Crippen molar-refractivity contribution in [2.24, 2.45) is 0 Å². The molecule has 0 spiro atoms. The van der Waals surface area contributed by atoms with Gasteiger partial charge in [-0.05, 0) is 31.9 Å². The zero-order valence-electron chi connectivity index (χ0n) is 12.0. The van der Waals surface area contributed by atoms with Crippen molar-refractivity contribution >= 4 is 15.5 Å². The Morgan fingerprint density at radius 3 is 2.45 bits per heavy atom. The molecule has 0 atom stereocenters. The van der Waals surface area contributed by atoms with Crippen LogP contribution in [0.5, 0.6) is 5.75 Å². The van der Waals surface area contributed by atoms with E-state index in [0.29, 0.717) is 18.0 Å². The maximum absolute atomic E-state index is 12.8. The highest BCUT2D eigenvalue weighted by Gasteiger charge is 2.30. The fourth-order valence-electron chi connectivity index (χ4n) is 2.75. The molecule has 1 fully saturated rings. The van der Waals surface area contributed by atoms with Gasteiger partial charge in [0, 0.05) is 6.07 Å². The zero-order valence-corrected chi connectivity index (χ0v) is 12.8. The van der Waals surface area contributed by atoms with Crippen LogP contribution < -0.4 is 10.5 Å². The van der Waals surface area contributed by atoms with Crippen molar-refractivity contribution in [3.8, 4) is 5.75 Å². The number of ether oxygens (including phenoxy) is 1. The van der Waals surface area contributed by atoms with Gasteiger partial charge in [0.1, 0.15) is 5.75 Å². The molecule has 0 bridgehead atoms. The zero-order chi connectivity index (χ0) is 14.6. The van der Waals surface area contributed by atoms with Crippen molar-refractivity contribution in [1.29, 1.82) is 0 Å². The van der Waals surface area contributed by atoms with Gasteiger partial charge >= 0.3 is 0 Å². The molecule has 0 radical (unpaired) electrons. The highest BCUT2D eigenvalue weighted by Crippen LogP contribution is 2.32. The van der Waals surface area contributed by atoms with E-state index in [1.54, 1.807) is 18.2 Å². The van der Waals surface area contributed by atoms with E-state index in [1.165, 1.54) is 0 Å². The number of rotatable bonds is 4. The Bertz CT molecular complexity index is 546. The smallest absolute Gasteiger partial charge is 0.183 e. The van der Waals surface area contributed by atoms with E-state index in [2.05, 4.69) is 0 Å². The largest absolute Gasteiger partial charge is 0.494 e. The van der Waals surface area contributed by atoms with Crippen molar-refractivity contribution in [1.82, 2.24) is 0 Å². The minimum Gasteiger partial charge on any atom is -0.494 e. The van der Waals surface area contributed by atoms with Gasteiger partial charge in [0.05, 0.1) is 22.4 Å². The highest BCUT2D eigenvalue weighted by atomic mass is 32.2. The summed E-state index contributed by atoms with van der Waals surface area (Å²) in [6.45, 7) is 2.38. The molecule has 4 nitrogen and oxygen atoms in total. The molecule has 0 heterocycles. The Hall–Kier alpha value is -1.23. The molecule has 0 amide bonds. The molecule has 1 aromatic rings. The second kappa shape index (κ2) is 6.48. The first-order chi connectivity index (χ1) is 9.55. The van der Waals surface area contributed by atoms with Crippen molar-refractivity contribution in [2.45, 2.75) is 55.6 Å². The Kier molecular flexibility index (Phi) is 4.91. The van der Waals surface area contributed by atoms with E-state index in [-0.39, 0.29) is 10.1 Å². The van der Waals surface area contributed by atoms with Crippen LogP contribution in [-0.4, -0.2) is 20.3 Å². The molecule has 0 unspecified atom stereocenters. The lowest BCUT2D eigenvalue weighted by molar-refractivity contribution is 0.339. The Balaban J connectivity index is 2.34. The van der Waals surface area contributed by atoms with E-state index >= 15 is 0 Å². The van der Waals surface area contributed by atoms with Gasteiger partial charge in [-0.25, -0.2) is 8.42 Å². The third kappa shape index (κ3) is 3.26. The van der Waals surface area contributed by atoms with Gasteiger partial charge in [-0.3, -0.25) is 0 Å². The van der Waals surface area contributed by atoms with Gasteiger partial charge in [-0.1, -0.05) is 25.7 Å². The summed E-state index contributed by atoms with van der Waals surface area (Å²) in [6, 6.07) is 4.90. The van der Waals surface area contributed by atoms with Crippen LogP contribution in [0.4, 0.5) is 5.69 Å². The molecule has 0 aliphatic heterocycles. The predicted molar refractivity (Wildman–Crippen MR) is 80.7 cm³/mol. The normalized spacial score (nSPS) is 17.6. The van der Waals surface area contributed by atoms with Gasteiger partial charge in [-0.15, -0.1) is 0 Å². The van der Waals surface area contributed by atoms with Crippen LogP contribution in [0, 0.1) is 0 Å². The lowest BCUT2D eigenvalue weighted by Crippen LogP contribution is -2.22. The lowest BCUT2D eigenvalue weighted by Gasteiger charge is -2.17. The predicted octanol–water partition coefficient (Wildman–Crippen LogP) is 3.16. The average molecular weight is 297 g/mol. The third-order valence-electron chi connectivity index (χ3n) is 3.84. The molecule has 0 aromatic heterocycles. The van der Waals surface area contributed by atoms with Gasteiger partial charge in [-0.2, -0.15) is 0 Å². The number of nitrogen functional groups attached to an aromatic ring is 1. The molecule has 5 heteroatoms. The molecular weight excluding hydrogens is 274 g/mol. The standard InChI is InChI=1S/C15H23NO3S/c1-2-19-12-9-10-14(16)15(11-12)20(17,18)13-7-5-3-4-6-8-13/h9-11,13H,2-8,16H2,1H3. The molecule has 112 valence electrons. The summed E-state index contributed by atoms with van der Waals surface area (Å²) in [7, 11) is -3.36. The van der Waals surface area contributed by atoms with E-state index in [9.17, 15) is 8.42 Å². The minimum atomic E-state index is -3.36. The Morgan fingerprint density at radius 2 is 1.85 bits per heavy atom. The van der Waals surface area contributed by atoms with Gasteiger partial charge < -0.3 is 10.5 Å². The Morgan fingerprint density at radius 1 is 1.20 bits per heavy atom. The topological polar surface area (TPSA) is 69.4 Å². The van der Waals surface area contributed by atoms with Crippen LogP contribution in [0.25, 0.3) is 0 Å². The maximum atomic E-state index is 12.8. The molecule has 2 rings (SSSR count). The van der Waals surface area contributed by atoms with Crippen LogP contribution in [0.1, 0.15) is 45.4 Å². The Labute approximate surface area is 121 Å². The van der Waals surface area contributed by atoms with E-state index < -0.39 is 9.84 Å². The molecule has 0 saturated heterocycles. The second-order valence-corrected chi connectivity index (χ2v) is 7.49. The summed E-state index contributed by atoms with van der Waals surface area (Å²) < 4.78 is 31.0. The molecule has 1 aliphatic rings. The number of hydrogen-bond acceptors (Lipinski definition) is 4. The SMILES string of the molecule is CCOc1ccc(N)c(S(=O)(=O)C2CCCCCC2)c1. The summed E-state index contributed by atoms with van der Waals surface area (Å²) in [4.78, 5) is 0.232. The van der Waals surface area contributed by atoms with E-state index in [0.717, 1.165) is 38.5 Å². The van der Waals surface area contributed by atoms with Crippen molar-refractivity contribution in [3.63, 3.8) is 0 Å². The second-order valence-electron chi connectivity index (χ2n) is 5.29. The van der Waals surface area contributed by atoms with E-state index in [1.807, 2.05) is 6.92 Å². The summed E-state index contributed by atoms with van der Waals surface area (Å²) in [6.07, 6.45) is 5.69. The molecule has 20 heavy (non-hydrogen) atoms. The number of benzene rings is 1. The minimum absolute atomic E-state index is 0.232. The summed E-state index contributed by atoms with van der Waals surface area (Å²) >= 11 is 0.